The van der Waals surface area contributed by atoms with E-state index in [4.69, 9.17) is 16.9 Å². The average molecular weight is 275 g/mol. The first-order valence-corrected chi connectivity index (χ1v) is 5.98. The van der Waals surface area contributed by atoms with Gasteiger partial charge in [0.15, 0.2) is 0 Å². The maximum atomic E-state index is 12.0. The number of anilines is 1. The lowest BCUT2D eigenvalue weighted by Crippen LogP contribution is -2.24. The van der Waals surface area contributed by atoms with Crippen LogP contribution in [0.1, 0.15) is 18.5 Å². The molecule has 2 aromatic rings. The molecule has 0 aliphatic carbocycles. The maximum Gasteiger partial charge on any atom is 0.248 e. The molecule has 0 radical (unpaired) electrons. The van der Waals surface area contributed by atoms with Crippen molar-refractivity contribution >= 4 is 23.2 Å². The van der Waals surface area contributed by atoms with E-state index in [1.54, 1.807) is 37.4 Å². The zero-order valence-electron chi connectivity index (χ0n) is 10.2. The molecule has 0 fully saturated rings. The second kappa shape index (κ2) is 5.55. The smallest absolute Gasteiger partial charge is 0.248 e. The summed E-state index contributed by atoms with van der Waals surface area (Å²) in [6.45, 7) is 1.72. The summed E-state index contributed by atoms with van der Waals surface area (Å²) in [5, 5.41) is 16.0. The van der Waals surface area contributed by atoms with Crippen LogP contribution in [-0.2, 0) is 4.79 Å². The molecule has 6 heteroatoms. The Hall–Kier alpha value is -2.32. The molecular formula is C13H11ClN4O. The van der Waals surface area contributed by atoms with E-state index in [-0.39, 0.29) is 5.91 Å². The van der Waals surface area contributed by atoms with Crippen molar-refractivity contribution in [3.63, 3.8) is 0 Å². The summed E-state index contributed by atoms with van der Waals surface area (Å²) >= 11 is 5.76. The highest BCUT2D eigenvalue weighted by Gasteiger charge is 2.15. The molecule has 0 aliphatic rings. The fourth-order valence-electron chi connectivity index (χ4n) is 1.56. The van der Waals surface area contributed by atoms with Crippen LogP contribution < -0.4 is 5.32 Å². The van der Waals surface area contributed by atoms with Gasteiger partial charge in [-0.25, -0.2) is 0 Å². The molecule has 0 saturated carbocycles. The third-order valence-electron chi connectivity index (χ3n) is 2.61. The number of rotatable bonds is 3. The van der Waals surface area contributed by atoms with E-state index in [2.05, 4.69) is 10.4 Å². The number of hydrogen-bond donors (Lipinski definition) is 1. The number of aromatic nitrogens is 2. The van der Waals surface area contributed by atoms with Gasteiger partial charge in [0, 0.05) is 11.9 Å². The molecule has 5 nitrogen and oxygen atoms in total. The van der Waals surface area contributed by atoms with Crippen molar-refractivity contribution in [2.24, 2.45) is 0 Å². The number of amides is 1. The SMILES string of the molecule is CC(C(=O)Nc1cccc(C#N)c1)n1cc(Cl)cn1. The Morgan fingerprint density at radius 1 is 1.58 bits per heavy atom. The van der Waals surface area contributed by atoms with Crippen LogP contribution in [0.4, 0.5) is 5.69 Å². The average Bonchev–Trinajstić information content (AvgIpc) is 2.84. The molecule has 1 N–H and O–H groups in total. The Bertz CT molecular complexity index is 644. The van der Waals surface area contributed by atoms with E-state index < -0.39 is 6.04 Å². The highest BCUT2D eigenvalue weighted by molar-refractivity contribution is 6.30. The van der Waals surface area contributed by atoms with Crippen molar-refractivity contribution in [1.82, 2.24) is 9.78 Å². The summed E-state index contributed by atoms with van der Waals surface area (Å²) in [6.07, 6.45) is 3.05. The first kappa shape index (κ1) is 13.1. The number of halogens is 1. The maximum absolute atomic E-state index is 12.0. The van der Waals surface area contributed by atoms with Gasteiger partial charge in [-0.2, -0.15) is 10.4 Å². The lowest BCUT2D eigenvalue weighted by Gasteiger charge is -2.12. The number of hydrogen-bond acceptors (Lipinski definition) is 3. The van der Waals surface area contributed by atoms with Crippen molar-refractivity contribution in [2.45, 2.75) is 13.0 Å². The molecule has 1 aromatic carbocycles. The lowest BCUT2D eigenvalue weighted by molar-refractivity contribution is -0.119. The van der Waals surface area contributed by atoms with Crippen LogP contribution >= 0.6 is 11.6 Å². The molecule has 19 heavy (non-hydrogen) atoms. The molecule has 0 spiro atoms. The number of carbonyl (C=O) groups excluding carboxylic acids is 1. The predicted octanol–water partition coefficient (Wildman–Crippen LogP) is 2.61. The zero-order valence-corrected chi connectivity index (χ0v) is 10.9. The Labute approximate surface area is 115 Å². The molecular weight excluding hydrogens is 264 g/mol. The summed E-state index contributed by atoms with van der Waals surface area (Å²) in [6, 6.07) is 8.25. The largest absolute Gasteiger partial charge is 0.324 e. The van der Waals surface area contributed by atoms with Crippen molar-refractivity contribution in [1.29, 1.82) is 5.26 Å². The van der Waals surface area contributed by atoms with Gasteiger partial charge in [0.2, 0.25) is 5.91 Å². The predicted molar refractivity (Wildman–Crippen MR) is 71.7 cm³/mol. The Kier molecular flexibility index (Phi) is 3.83. The summed E-state index contributed by atoms with van der Waals surface area (Å²) in [5.74, 6) is -0.227. The van der Waals surface area contributed by atoms with E-state index in [9.17, 15) is 4.79 Å². The quantitative estimate of drug-likeness (QED) is 0.935. The molecule has 0 aliphatic heterocycles. The van der Waals surface area contributed by atoms with Crippen molar-refractivity contribution < 1.29 is 4.79 Å². The Morgan fingerprint density at radius 3 is 3.00 bits per heavy atom. The lowest BCUT2D eigenvalue weighted by atomic mass is 10.2. The highest BCUT2D eigenvalue weighted by atomic mass is 35.5. The van der Waals surface area contributed by atoms with E-state index in [0.717, 1.165) is 0 Å². The van der Waals surface area contributed by atoms with E-state index in [1.165, 1.54) is 10.9 Å². The van der Waals surface area contributed by atoms with Gasteiger partial charge in [-0.3, -0.25) is 9.48 Å². The van der Waals surface area contributed by atoms with Gasteiger partial charge in [-0.05, 0) is 25.1 Å². The van der Waals surface area contributed by atoms with Crippen LogP contribution in [-0.4, -0.2) is 15.7 Å². The Balaban J connectivity index is 2.10. The fraction of sp³-hybridized carbons (Fsp3) is 0.154. The van der Waals surface area contributed by atoms with E-state index >= 15 is 0 Å². The summed E-state index contributed by atoms with van der Waals surface area (Å²) in [4.78, 5) is 12.0. The number of carbonyl (C=O) groups is 1. The van der Waals surface area contributed by atoms with Crippen LogP contribution in [0.5, 0.6) is 0 Å². The number of nitrogens with zero attached hydrogens (tertiary/aromatic N) is 3. The van der Waals surface area contributed by atoms with Gasteiger partial charge in [0.25, 0.3) is 0 Å². The van der Waals surface area contributed by atoms with Gasteiger partial charge in [-0.1, -0.05) is 17.7 Å². The minimum atomic E-state index is -0.488. The van der Waals surface area contributed by atoms with Gasteiger partial charge in [0.05, 0.1) is 22.9 Å². The normalized spacial score (nSPS) is 11.6. The standard InChI is InChI=1S/C13H11ClN4O/c1-9(18-8-11(14)7-16-18)13(19)17-12-4-2-3-10(5-12)6-15/h2-5,7-9H,1H3,(H,17,19). The van der Waals surface area contributed by atoms with Crippen LogP contribution in [0.2, 0.25) is 5.02 Å². The first-order valence-electron chi connectivity index (χ1n) is 5.61. The fourth-order valence-corrected chi connectivity index (χ4v) is 1.70. The van der Waals surface area contributed by atoms with Crippen molar-refractivity contribution in [2.75, 3.05) is 5.32 Å². The molecule has 1 unspecified atom stereocenters. The van der Waals surface area contributed by atoms with Gasteiger partial charge in [0.1, 0.15) is 6.04 Å². The second-order valence-electron chi connectivity index (χ2n) is 4.00. The highest BCUT2D eigenvalue weighted by Crippen LogP contribution is 2.15. The first-order chi connectivity index (χ1) is 9.10. The number of benzene rings is 1. The molecule has 1 amide bonds. The topological polar surface area (TPSA) is 70.7 Å². The summed E-state index contributed by atoms with van der Waals surface area (Å²) in [7, 11) is 0. The van der Waals surface area contributed by atoms with Crippen LogP contribution in [0, 0.1) is 11.3 Å². The van der Waals surface area contributed by atoms with E-state index in [1.807, 2.05) is 6.07 Å². The number of nitrogens with one attached hydrogen (secondary N) is 1. The van der Waals surface area contributed by atoms with Crippen LogP contribution in [0.15, 0.2) is 36.7 Å². The van der Waals surface area contributed by atoms with Crippen molar-refractivity contribution in [3.05, 3.63) is 47.2 Å². The van der Waals surface area contributed by atoms with Gasteiger partial charge in [-0.15, -0.1) is 0 Å². The molecule has 96 valence electrons. The Morgan fingerprint density at radius 2 is 2.37 bits per heavy atom. The zero-order chi connectivity index (χ0) is 13.8. The molecule has 0 bridgehead atoms. The molecule has 2 rings (SSSR count). The molecule has 0 saturated heterocycles. The summed E-state index contributed by atoms with van der Waals surface area (Å²) < 4.78 is 1.48. The summed E-state index contributed by atoms with van der Waals surface area (Å²) in [5.41, 5.74) is 1.07. The molecule has 1 atom stereocenters. The minimum absolute atomic E-state index is 0.227. The number of nitriles is 1. The third kappa shape index (κ3) is 3.12. The molecule has 1 aromatic heterocycles. The molecule has 1 heterocycles. The van der Waals surface area contributed by atoms with Crippen LogP contribution in [0.3, 0.4) is 0 Å². The van der Waals surface area contributed by atoms with Gasteiger partial charge < -0.3 is 5.32 Å². The monoisotopic (exact) mass is 274 g/mol. The van der Waals surface area contributed by atoms with Crippen LogP contribution in [0.25, 0.3) is 0 Å². The van der Waals surface area contributed by atoms with E-state index in [0.29, 0.717) is 16.3 Å². The third-order valence-corrected chi connectivity index (χ3v) is 2.80. The second-order valence-corrected chi connectivity index (χ2v) is 4.43. The minimum Gasteiger partial charge on any atom is -0.324 e. The van der Waals surface area contributed by atoms with Crippen molar-refractivity contribution in [3.8, 4) is 6.07 Å². The van der Waals surface area contributed by atoms with Gasteiger partial charge >= 0.3 is 0 Å².